The molecule has 1 aromatic carbocycles. The maximum atomic E-state index is 5.86. The summed E-state index contributed by atoms with van der Waals surface area (Å²) in [5.41, 5.74) is 4.23. The van der Waals surface area contributed by atoms with Gasteiger partial charge >= 0.3 is 0 Å². The van der Waals surface area contributed by atoms with E-state index in [-0.39, 0.29) is 0 Å². The van der Waals surface area contributed by atoms with Gasteiger partial charge < -0.3 is 4.74 Å². The number of rotatable bonds is 6. The highest BCUT2D eigenvalue weighted by molar-refractivity contribution is 5.82. The molecule has 0 fully saturated rings. The standard InChI is InChI=1S/C19H23N3O/c1-3-13-23-19-10-5-4-8-17(19)18-9-6-7-16(20-18)14-22-12-11-15(2)21-22/h4-10H,3,11-14H2,1-2H3. The molecule has 1 aromatic heterocycles. The molecular weight excluding hydrogens is 286 g/mol. The monoisotopic (exact) mass is 309 g/mol. The fourth-order valence-electron chi connectivity index (χ4n) is 2.67. The summed E-state index contributed by atoms with van der Waals surface area (Å²) >= 11 is 0. The van der Waals surface area contributed by atoms with Crippen molar-refractivity contribution in [2.45, 2.75) is 33.2 Å². The zero-order valence-corrected chi connectivity index (χ0v) is 13.8. The second kappa shape index (κ2) is 7.27. The van der Waals surface area contributed by atoms with Crippen molar-refractivity contribution in [3.05, 3.63) is 48.2 Å². The first-order chi connectivity index (χ1) is 11.3. The highest BCUT2D eigenvalue weighted by Crippen LogP contribution is 2.28. The number of nitrogens with zero attached hydrogens (tertiary/aromatic N) is 3. The average Bonchev–Trinajstić information content (AvgIpc) is 2.98. The van der Waals surface area contributed by atoms with Crippen molar-refractivity contribution in [1.29, 1.82) is 0 Å². The van der Waals surface area contributed by atoms with Gasteiger partial charge in [-0.05, 0) is 37.6 Å². The zero-order chi connectivity index (χ0) is 16.1. The van der Waals surface area contributed by atoms with Crippen LogP contribution in [0.4, 0.5) is 0 Å². The van der Waals surface area contributed by atoms with Crippen LogP contribution >= 0.6 is 0 Å². The summed E-state index contributed by atoms with van der Waals surface area (Å²) in [4.78, 5) is 4.81. The van der Waals surface area contributed by atoms with Crippen molar-refractivity contribution in [3.63, 3.8) is 0 Å². The van der Waals surface area contributed by atoms with E-state index in [1.54, 1.807) is 0 Å². The van der Waals surface area contributed by atoms with Crippen LogP contribution in [0.15, 0.2) is 47.6 Å². The molecule has 0 radical (unpaired) electrons. The summed E-state index contributed by atoms with van der Waals surface area (Å²) in [5, 5.41) is 6.61. The van der Waals surface area contributed by atoms with E-state index in [0.29, 0.717) is 0 Å². The molecule has 0 atom stereocenters. The van der Waals surface area contributed by atoms with Crippen molar-refractivity contribution in [2.75, 3.05) is 13.2 Å². The maximum Gasteiger partial charge on any atom is 0.128 e. The summed E-state index contributed by atoms with van der Waals surface area (Å²) in [7, 11) is 0. The molecule has 3 rings (SSSR count). The number of hydrogen-bond acceptors (Lipinski definition) is 4. The third-order valence-corrected chi connectivity index (χ3v) is 3.82. The normalized spacial score (nSPS) is 14.0. The summed E-state index contributed by atoms with van der Waals surface area (Å²) in [5.74, 6) is 0.897. The van der Waals surface area contributed by atoms with E-state index < -0.39 is 0 Å². The van der Waals surface area contributed by atoms with Gasteiger partial charge in [-0.1, -0.05) is 25.1 Å². The van der Waals surface area contributed by atoms with Gasteiger partial charge in [0.15, 0.2) is 0 Å². The van der Waals surface area contributed by atoms with Crippen LogP contribution in [0, 0.1) is 0 Å². The Balaban J connectivity index is 1.82. The molecule has 1 aliphatic rings. The highest BCUT2D eigenvalue weighted by Gasteiger charge is 2.13. The summed E-state index contributed by atoms with van der Waals surface area (Å²) < 4.78 is 5.86. The molecule has 4 heteroatoms. The van der Waals surface area contributed by atoms with Crippen LogP contribution in [0.3, 0.4) is 0 Å². The van der Waals surface area contributed by atoms with E-state index in [1.807, 2.05) is 24.3 Å². The molecule has 0 bridgehead atoms. The van der Waals surface area contributed by atoms with E-state index in [0.717, 1.165) is 55.2 Å². The number of hydrazone groups is 1. The van der Waals surface area contributed by atoms with Gasteiger partial charge in [-0.3, -0.25) is 9.99 Å². The van der Waals surface area contributed by atoms with Crippen molar-refractivity contribution in [1.82, 2.24) is 9.99 Å². The number of para-hydroxylation sites is 1. The second-order valence-corrected chi connectivity index (χ2v) is 5.83. The minimum absolute atomic E-state index is 0.721. The quantitative estimate of drug-likeness (QED) is 0.805. The number of pyridine rings is 1. The van der Waals surface area contributed by atoms with E-state index in [1.165, 1.54) is 5.71 Å². The van der Waals surface area contributed by atoms with Crippen molar-refractivity contribution in [3.8, 4) is 17.0 Å². The number of benzene rings is 1. The van der Waals surface area contributed by atoms with Crippen LogP contribution in [-0.2, 0) is 6.54 Å². The molecule has 0 amide bonds. The number of hydrogen-bond donors (Lipinski definition) is 0. The van der Waals surface area contributed by atoms with Crippen LogP contribution in [0.1, 0.15) is 32.4 Å². The summed E-state index contributed by atoms with van der Waals surface area (Å²) in [6.45, 7) is 6.64. The molecule has 0 N–H and O–H groups in total. The predicted octanol–water partition coefficient (Wildman–Crippen LogP) is 4.12. The van der Waals surface area contributed by atoms with Gasteiger partial charge in [0.05, 0.1) is 24.5 Å². The highest BCUT2D eigenvalue weighted by atomic mass is 16.5. The van der Waals surface area contributed by atoms with Gasteiger partial charge in [0.25, 0.3) is 0 Å². The summed E-state index contributed by atoms with van der Waals surface area (Å²) in [6, 6.07) is 14.2. The van der Waals surface area contributed by atoms with Gasteiger partial charge in [-0.2, -0.15) is 5.10 Å². The smallest absolute Gasteiger partial charge is 0.128 e. The lowest BCUT2D eigenvalue weighted by atomic mass is 10.1. The number of ether oxygens (including phenoxy) is 1. The Kier molecular flexibility index (Phi) is 4.91. The van der Waals surface area contributed by atoms with Gasteiger partial charge in [-0.15, -0.1) is 0 Å². The molecule has 23 heavy (non-hydrogen) atoms. The Morgan fingerprint density at radius 3 is 2.78 bits per heavy atom. The van der Waals surface area contributed by atoms with Gasteiger partial charge in [0.1, 0.15) is 5.75 Å². The minimum atomic E-state index is 0.721. The molecule has 0 spiro atoms. The van der Waals surface area contributed by atoms with Crippen molar-refractivity contribution < 1.29 is 4.74 Å². The topological polar surface area (TPSA) is 37.7 Å². The van der Waals surface area contributed by atoms with Crippen LogP contribution in [0.25, 0.3) is 11.3 Å². The molecule has 0 unspecified atom stereocenters. The molecule has 120 valence electrons. The molecular formula is C19H23N3O. The number of aromatic nitrogens is 1. The van der Waals surface area contributed by atoms with E-state index in [9.17, 15) is 0 Å². The SMILES string of the molecule is CCCOc1ccccc1-c1cccc(CN2CCC(C)=N2)n1. The van der Waals surface area contributed by atoms with Crippen molar-refractivity contribution in [2.24, 2.45) is 5.10 Å². The van der Waals surface area contributed by atoms with E-state index >= 15 is 0 Å². The molecule has 2 aromatic rings. The molecule has 0 aliphatic carbocycles. The Morgan fingerprint density at radius 1 is 1.13 bits per heavy atom. The molecule has 0 saturated heterocycles. The zero-order valence-electron chi connectivity index (χ0n) is 13.8. The first kappa shape index (κ1) is 15.5. The first-order valence-electron chi connectivity index (χ1n) is 8.23. The summed E-state index contributed by atoms with van der Waals surface area (Å²) in [6.07, 6.45) is 2.04. The predicted molar refractivity (Wildman–Crippen MR) is 93.6 cm³/mol. The molecule has 1 aliphatic heterocycles. The lowest BCUT2D eigenvalue weighted by molar-refractivity contribution is 0.306. The van der Waals surface area contributed by atoms with Crippen LogP contribution in [-0.4, -0.2) is 28.9 Å². The lowest BCUT2D eigenvalue weighted by Crippen LogP contribution is -2.14. The maximum absolute atomic E-state index is 5.86. The molecule has 4 nitrogen and oxygen atoms in total. The average molecular weight is 309 g/mol. The largest absolute Gasteiger partial charge is 0.493 e. The second-order valence-electron chi connectivity index (χ2n) is 5.83. The third kappa shape index (κ3) is 3.89. The van der Waals surface area contributed by atoms with E-state index in [4.69, 9.17) is 9.72 Å². The van der Waals surface area contributed by atoms with Crippen LogP contribution in [0.2, 0.25) is 0 Å². The van der Waals surface area contributed by atoms with Gasteiger partial charge in [0, 0.05) is 24.2 Å². The van der Waals surface area contributed by atoms with Crippen molar-refractivity contribution >= 4 is 5.71 Å². The van der Waals surface area contributed by atoms with E-state index in [2.05, 4.69) is 42.2 Å². The Morgan fingerprint density at radius 2 is 2.00 bits per heavy atom. The first-order valence-corrected chi connectivity index (χ1v) is 8.23. The Bertz CT molecular complexity index is 697. The fourth-order valence-corrected chi connectivity index (χ4v) is 2.67. The molecule has 0 saturated carbocycles. The van der Waals surface area contributed by atoms with Crippen LogP contribution < -0.4 is 4.74 Å². The Labute approximate surface area is 137 Å². The fraction of sp³-hybridized carbons (Fsp3) is 0.368. The van der Waals surface area contributed by atoms with Gasteiger partial charge in [-0.25, -0.2) is 0 Å². The molecule has 2 heterocycles. The third-order valence-electron chi connectivity index (χ3n) is 3.82. The van der Waals surface area contributed by atoms with Gasteiger partial charge in [0.2, 0.25) is 0 Å². The lowest BCUT2D eigenvalue weighted by Gasteiger charge is -2.14. The Hall–Kier alpha value is -2.36. The minimum Gasteiger partial charge on any atom is -0.493 e. The van der Waals surface area contributed by atoms with Crippen LogP contribution in [0.5, 0.6) is 5.75 Å².